The van der Waals surface area contributed by atoms with E-state index in [4.69, 9.17) is 28.5 Å². The van der Waals surface area contributed by atoms with E-state index in [0.29, 0.717) is 86.1 Å². The Hall–Kier alpha value is -10.8. The smallest absolute Gasteiger partial charge is 0.226 e. The number of rotatable bonds is 0. The van der Waals surface area contributed by atoms with E-state index in [9.17, 15) is 53.4 Å². The van der Waals surface area contributed by atoms with Crippen LogP contribution in [0, 0.1) is 108 Å². The molecule has 0 aromatic carbocycles. The second-order valence-corrected chi connectivity index (χ2v) is 54.2. The van der Waals surface area contributed by atoms with Gasteiger partial charge in [-0.3, -0.25) is 66.4 Å². The highest BCUT2D eigenvalue weighted by Gasteiger charge is 2.69. The number of aromatic nitrogens is 13. The van der Waals surface area contributed by atoms with Crippen molar-refractivity contribution >= 4 is 52.0 Å². The number of nitrogens with zero attached hydrogens (tertiary/aromatic N) is 15. The largest absolute Gasteiger partial charge is 0.523 e. The third-order valence-electron chi connectivity index (χ3n) is 36.4. The van der Waals surface area contributed by atoms with E-state index in [1.165, 1.54) is 7.40 Å². The Bertz CT molecular complexity index is 6660. The third-order valence-corrected chi connectivity index (χ3v) is 36.4. The van der Waals surface area contributed by atoms with E-state index in [0.717, 1.165) is 101 Å². The minimum Gasteiger partial charge on any atom is -0.523 e. The highest BCUT2D eigenvalue weighted by Crippen LogP contribution is 2.66. The van der Waals surface area contributed by atoms with Crippen molar-refractivity contribution in [2.45, 2.75) is 422 Å². The van der Waals surface area contributed by atoms with Crippen LogP contribution < -0.4 is 0 Å². The van der Waals surface area contributed by atoms with Crippen LogP contribution in [0.3, 0.4) is 0 Å². The zero-order chi connectivity index (χ0) is 108. The first kappa shape index (κ1) is 120. The van der Waals surface area contributed by atoms with Crippen LogP contribution in [0.15, 0.2) is 83.0 Å². The van der Waals surface area contributed by atoms with E-state index in [1.54, 1.807) is 49.5 Å². The molecule has 0 bridgehead atoms. The molecule has 1 saturated heterocycles. The fourth-order valence-electron chi connectivity index (χ4n) is 28.4. The summed E-state index contributed by atoms with van der Waals surface area (Å²) in [6, 6.07) is 0. The maximum absolute atomic E-state index is 13.5. The van der Waals surface area contributed by atoms with E-state index in [2.05, 4.69) is 191 Å². The van der Waals surface area contributed by atoms with Gasteiger partial charge in [-0.1, -0.05) is 173 Å². The number of carbonyl (C=O) groups excluding carboxylic acids is 9. The quantitative estimate of drug-likeness (QED) is 0.0809. The maximum atomic E-state index is 13.5. The molecule has 4 fully saturated rings. The number of hydrogen-bond acceptors (Lipinski definition) is 21. The van der Waals surface area contributed by atoms with Crippen LogP contribution in [0.5, 0.6) is 0 Å². The number of hydrogen-bond donors (Lipinski definition) is 2. The Morgan fingerprint density at radius 3 is 1.03 bits per heavy atom. The van der Waals surface area contributed by atoms with Gasteiger partial charge in [0.25, 0.3) is 0 Å². The van der Waals surface area contributed by atoms with Gasteiger partial charge in [0.05, 0.1) is 177 Å². The predicted octanol–water partition coefficient (Wildman–Crippen LogP) is 25.3. The number of aliphatic hydroxyl groups is 2. The molecule has 1 spiro atoms. The lowest BCUT2D eigenvalue weighted by Crippen LogP contribution is -2.62. The van der Waals surface area contributed by atoms with Crippen LogP contribution in [0.4, 0.5) is 0 Å². The molecule has 12 aliphatic carbocycles. The fourth-order valence-corrected chi connectivity index (χ4v) is 28.4. The topological polar surface area (TPSA) is 354 Å². The lowest BCUT2D eigenvalue weighted by atomic mass is 9.49. The molecular formula is C120H179N15O14. The lowest BCUT2D eigenvalue weighted by Gasteiger charge is -2.58. The Balaban J connectivity index is 0.000000198. The van der Waals surface area contributed by atoms with Crippen molar-refractivity contribution in [3.8, 4) is 0 Å². The van der Waals surface area contributed by atoms with Crippen LogP contribution in [-0.2, 0) is 107 Å². The summed E-state index contributed by atoms with van der Waals surface area (Å²) >= 11 is 0. The maximum Gasteiger partial charge on any atom is 0.226 e. The second-order valence-electron chi connectivity index (χ2n) is 54.2. The molecule has 29 nitrogen and oxygen atoms in total. The molecule has 0 unspecified atom stereocenters. The van der Waals surface area contributed by atoms with Crippen molar-refractivity contribution < 1.29 is 68.7 Å². The van der Waals surface area contributed by atoms with Gasteiger partial charge in [-0.2, -0.15) is 30.6 Å². The molecule has 818 valence electrons. The van der Waals surface area contributed by atoms with Crippen molar-refractivity contribution in [2.75, 3.05) is 13.2 Å². The average molecular weight is 2060 g/mol. The lowest BCUT2D eigenvalue weighted by molar-refractivity contribution is -0.277. The molecule has 149 heavy (non-hydrogen) atoms. The Labute approximate surface area is 889 Å². The van der Waals surface area contributed by atoms with Gasteiger partial charge in [-0.05, 0) is 238 Å². The normalized spacial score (nSPS) is 29.1. The molecule has 0 radical (unpaired) electrons. The number of fused-ring (bicyclic) bond motifs is 13. The molecule has 12 atom stereocenters. The summed E-state index contributed by atoms with van der Waals surface area (Å²) in [6.07, 6.45) is 22.9. The summed E-state index contributed by atoms with van der Waals surface area (Å²) in [4.78, 5) is 125. The first-order valence-corrected chi connectivity index (χ1v) is 51.2. The van der Waals surface area contributed by atoms with Crippen LogP contribution in [-0.4, -0.2) is 145 Å². The molecular weight excluding hydrogens is 1880 g/mol. The standard InChI is InChI=1S/C20H30N2O3.2C19H25N3O2.C19H23N3O2.C19H26N2O3.C18H26N2O2.6CH4/c1-17(2,3)22-14-11-15-18(4,5)20(24-9-10-25-20)8-7-19(15,6)16(23)13(14)12-21-22;1-17(2,3)22-13-7-14-18(4,5)16-11(9-21-24-16)8-19(14,6)15(23)12(13)10-20-22;2*1-17(2,3)22-13-8-14-18(4,5)16(24)12(20-7)9-19(14,6)15(23)11(13)10-21-22;1-17(2,3)21-13-7-14-18(4,5)15(23)11(10-22)8-19(14,6)16(24)12(13)9-20-21;1-16(2,3)20-12-9-13-17(4,5)14(21)7-8-18(13,6)15(22)11(12)10-19-20;;;;;;/h12,15H,7-11H2,1-6H3;9-10,14H,7-8H2,1-6H3;10,14,24H,8-9H2,1-6H3;9-10,14H,8H2,1-6H3;9-10,14,22H,7-8H2,1-6H3;10,13H,7-9H2,1-6H3;6*1H4/b;;;;11-10-;;;;;;;/t15-,19-;4*14-,19-;13-,18-;;;;;;/m000000....../s1/i;;;;;;1T;;;;;. The average Bonchev–Trinajstić information content (AvgIpc) is 1.30. The summed E-state index contributed by atoms with van der Waals surface area (Å²) in [5, 5.41) is 51.1. The van der Waals surface area contributed by atoms with E-state index in [1.807, 2.05) is 132 Å². The van der Waals surface area contributed by atoms with Gasteiger partial charge in [0.2, 0.25) is 11.4 Å². The van der Waals surface area contributed by atoms with Gasteiger partial charge in [-0.25, -0.2) is 9.69 Å². The number of aliphatic hydroxyl groups excluding tert-OH is 2. The van der Waals surface area contributed by atoms with Gasteiger partial charge in [0, 0.05) is 90.3 Å². The number of carbonyl (C=O) groups is 9. The van der Waals surface area contributed by atoms with Crippen molar-refractivity contribution in [3.63, 3.8) is 0 Å². The fraction of sp³-hybridized carbons (Fsp3) is 0.683. The van der Waals surface area contributed by atoms with Gasteiger partial charge >= 0.3 is 0 Å². The van der Waals surface area contributed by atoms with Gasteiger partial charge in [-0.15, -0.1) is 0 Å². The van der Waals surface area contributed by atoms with E-state index in [-0.39, 0.29) is 192 Å². The molecule has 0 amide bonds. The zero-order valence-electron chi connectivity index (χ0n) is 93.8. The monoisotopic (exact) mass is 2060 g/mol. The van der Waals surface area contributed by atoms with Crippen LogP contribution in [0.2, 0.25) is 0 Å². The third kappa shape index (κ3) is 18.5. The summed E-state index contributed by atoms with van der Waals surface area (Å²) in [7, 11) is 1.25. The summed E-state index contributed by atoms with van der Waals surface area (Å²) in [5.41, 5.74) is 4.48. The Morgan fingerprint density at radius 2 is 0.678 bits per heavy atom. The molecule has 2 N–H and O–H groups in total. The molecule has 29 heteroatoms. The highest BCUT2D eigenvalue weighted by molar-refractivity contribution is 6.11. The molecule has 7 aromatic rings. The number of ketones is 9. The number of ether oxygens (including phenoxy) is 2. The number of Topliss-reactive ketones (excluding diaryl/α,β-unsaturated/α-hetero) is 9. The number of allylic oxidation sites excluding steroid dienone is 5. The van der Waals surface area contributed by atoms with E-state index < -0.39 is 54.5 Å². The summed E-state index contributed by atoms with van der Waals surface area (Å²) in [5.74, 6) is 1.29. The SMILES string of the molecule is C.C.C.C.C.CC(C)(C)n1ncc2c1C[C@H]1C(C)(C)C3(CC[C@]1(C)C2=O)OCCO3.CC1(C)C(=O)/C(=C\O)C[C@]2(C)C(=O)c3cnn(C(C)(C)C)c3C[C@@H]12.CC1(C)C(=O)CC[C@]2(C)C(=O)c3cnn(C(C)(C)C)c3C[C@@H]12.CC1(C)c2oncc2C[C@]2(C)C(=O)c3cnn(C(C)(C)C)c3C[C@@H]12.[3H]C.[C-]#[N+]C1=C(O)C(C)(C)[C@@H]2Cc3c(cnn3C(C)(C)C)C(=O)[C@@]2(C)C1.[C-]#[N+]C1=C[C@]2(C)C(=O)c3cnn(C(C)(C)C)c3C[C@H]2C(C)(C)C1=O. The first-order valence-electron chi connectivity index (χ1n) is 52.2. The highest BCUT2D eigenvalue weighted by atomic mass is 16.7. The predicted molar refractivity (Wildman–Crippen MR) is 583 cm³/mol. The minimum absolute atomic E-state index is 0. The van der Waals surface area contributed by atoms with Crippen LogP contribution in [0.25, 0.3) is 9.69 Å². The summed E-state index contributed by atoms with van der Waals surface area (Å²) in [6.45, 7) is 89.7. The van der Waals surface area contributed by atoms with Gasteiger partial charge in [0.15, 0.2) is 52.1 Å². The Morgan fingerprint density at radius 1 is 0.369 bits per heavy atom. The van der Waals surface area contributed by atoms with Gasteiger partial charge < -0.3 is 29.0 Å². The van der Waals surface area contributed by atoms with Crippen molar-refractivity contribution in [3.05, 3.63) is 180 Å². The molecule has 3 saturated carbocycles. The van der Waals surface area contributed by atoms with Crippen molar-refractivity contribution in [1.29, 1.82) is 0 Å². The summed E-state index contributed by atoms with van der Waals surface area (Å²) < 4.78 is 35.4. The van der Waals surface area contributed by atoms with Crippen molar-refractivity contribution in [2.24, 2.45) is 95.1 Å². The molecule has 1 aliphatic heterocycles. The first-order chi connectivity index (χ1) is 66.4. The Kier molecular flexibility index (Phi) is 31.3. The van der Waals surface area contributed by atoms with Crippen LogP contribution >= 0.6 is 0 Å². The molecule has 8 heterocycles. The molecule has 7 aromatic heterocycles. The second kappa shape index (κ2) is 38.8. The van der Waals surface area contributed by atoms with Crippen molar-refractivity contribution in [1.82, 2.24) is 63.8 Å². The molecule has 20 rings (SSSR count). The van der Waals surface area contributed by atoms with Gasteiger partial charge in [0.1, 0.15) is 17.3 Å². The van der Waals surface area contributed by atoms with E-state index >= 15 is 0 Å². The zero-order valence-corrected chi connectivity index (χ0v) is 92.8. The van der Waals surface area contributed by atoms with Crippen LogP contribution in [0.1, 0.15) is 441 Å². The molecule has 13 aliphatic rings. The minimum atomic E-state index is -0.837.